The van der Waals surface area contributed by atoms with Crippen molar-refractivity contribution in [3.63, 3.8) is 0 Å². The first-order chi connectivity index (χ1) is 17.1. The van der Waals surface area contributed by atoms with E-state index < -0.39 is 34.3 Å². The van der Waals surface area contributed by atoms with Crippen LogP contribution in [0.4, 0.5) is 10.1 Å². The monoisotopic (exact) mass is 575 g/mol. The molecule has 36 heavy (non-hydrogen) atoms. The van der Waals surface area contributed by atoms with Crippen molar-refractivity contribution in [1.29, 1.82) is 0 Å². The van der Waals surface area contributed by atoms with Crippen LogP contribution >= 0.6 is 15.9 Å². The molecule has 2 amide bonds. The molecule has 1 unspecified atom stereocenters. The zero-order chi connectivity index (χ0) is 26.3. The number of benzene rings is 3. The molecular formula is C26H27BrFN3O4S. The first kappa shape index (κ1) is 27.3. The van der Waals surface area contributed by atoms with E-state index in [1.165, 1.54) is 41.3 Å². The number of anilines is 1. The summed E-state index contributed by atoms with van der Waals surface area (Å²) in [5, 5.41) is 2.69. The maximum absolute atomic E-state index is 13.7. The van der Waals surface area contributed by atoms with E-state index in [9.17, 15) is 22.4 Å². The van der Waals surface area contributed by atoms with Gasteiger partial charge in [0.05, 0.1) is 10.6 Å². The standard InChI is InChI=1S/C26H27BrFN3O4S/c1-3-29-26(33)19(2)30(17-20-12-14-22(28)15-13-20)25(32)18-31(23-9-7-8-21(27)16-23)36(34,35)24-10-5-4-6-11-24/h4-16,19H,3,17-18H2,1-2H3,(H,29,33). The molecule has 190 valence electrons. The maximum Gasteiger partial charge on any atom is 0.264 e. The van der Waals surface area contributed by atoms with Crippen molar-refractivity contribution < 1.29 is 22.4 Å². The molecule has 0 aliphatic heterocycles. The van der Waals surface area contributed by atoms with E-state index in [1.807, 2.05) is 0 Å². The summed E-state index contributed by atoms with van der Waals surface area (Å²) in [6.45, 7) is 3.15. The van der Waals surface area contributed by atoms with Crippen LogP contribution in [0.5, 0.6) is 0 Å². The van der Waals surface area contributed by atoms with Gasteiger partial charge in [0.25, 0.3) is 10.0 Å². The van der Waals surface area contributed by atoms with Gasteiger partial charge in [-0.3, -0.25) is 13.9 Å². The fourth-order valence-corrected chi connectivity index (χ4v) is 5.38. The summed E-state index contributed by atoms with van der Waals surface area (Å²) >= 11 is 3.36. The summed E-state index contributed by atoms with van der Waals surface area (Å²) in [6, 6.07) is 19.1. The third-order valence-electron chi connectivity index (χ3n) is 5.49. The van der Waals surface area contributed by atoms with Crippen molar-refractivity contribution in [1.82, 2.24) is 10.2 Å². The third-order valence-corrected chi connectivity index (χ3v) is 7.77. The Labute approximate surface area is 219 Å². The van der Waals surface area contributed by atoms with Crippen LogP contribution in [-0.2, 0) is 26.2 Å². The van der Waals surface area contributed by atoms with Crippen LogP contribution in [0.2, 0.25) is 0 Å². The van der Waals surface area contributed by atoms with Gasteiger partial charge in [-0.1, -0.05) is 52.3 Å². The molecule has 3 rings (SSSR count). The largest absolute Gasteiger partial charge is 0.355 e. The Hall–Kier alpha value is -3.24. The number of likely N-dealkylation sites (N-methyl/N-ethyl adjacent to an activating group) is 1. The Balaban J connectivity index is 2.01. The molecule has 10 heteroatoms. The highest BCUT2D eigenvalue weighted by atomic mass is 79.9. The van der Waals surface area contributed by atoms with Gasteiger partial charge in [-0.15, -0.1) is 0 Å². The lowest BCUT2D eigenvalue weighted by Crippen LogP contribution is -2.51. The summed E-state index contributed by atoms with van der Waals surface area (Å²) in [7, 11) is -4.12. The molecule has 1 N–H and O–H groups in total. The molecule has 0 saturated heterocycles. The average Bonchev–Trinajstić information content (AvgIpc) is 2.87. The summed E-state index contributed by atoms with van der Waals surface area (Å²) in [5.74, 6) is -1.39. The quantitative estimate of drug-likeness (QED) is 0.389. The Morgan fingerprint density at radius 3 is 2.28 bits per heavy atom. The molecule has 0 heterocycles. The number of amides is 2. The van der Waals surface area contributed by atoms with E-state index in [0.29, 0.717) is 16.6 Å². The summed E-state index contributed by atoms with van der Waals surface area (Å²) in [4.78, 5) is 27.6. The summed E-state index contributed by atoms with van der Waals surface area (Å²) < 4.78 is 42.3. The van der Waals surface area contributed by atoms with Crippen molar-refractivity contribution in [2.75, 3.05) is 17.4 Å². The molecule has 7 nitrogen and oxygen atoms in total. The molecule has 0 aromatic heterocycles. The zero-order valence-corrected chi connectivity index (χ0v) is 22.3. The van der Waals surface area contributed by atoms with E-state index in [2.05, 4.69) is 21.2 Å². The van der Waals surface area contributed by atoms with Crippen LogP contribution in [0.25, 0.3) is 0 Å². The lowest BCUT2D eigenvalue weighted by Gasteiger charge is -2.32. The van der Waals surface area contributed by atoms with Crippen molar-refractivity contribution in [3.8, 4) is 0 Å². The topological polar surface area (TPSA) is 86.8 Å². The number of carbonyl (C=O) groups excluding carboxylic acids is 2. The van der Waals surface area contributed by atoms with Gasteiger partial charge in [0.1, 0.15) is 18.4 Å². The lowest BCUT2D eigenvalue weighted by atomic mass is 10.1. The third kappa shape index (κ3) is 6.70. The van der Waals surface area contributed by atoms with Gasteiger partial charge >= 0.3 is 0 Å². The number of nitrogens with one attached hydrogen (secondary N) is 1. The second-order valence-corrected chi connectivity index (χ2v) is 10.8. The number of hydrogen-bond donors (Lipinski definition) is 1. The highest BCUT2D eigenvalue weighted by Gasteiger charge is 2.32. The number of hydrogen-bond acceptors (Lipinski definition) is 4. The first-order valence-electron chi connectivity index (χ1n) is 11.3. The first-order valence-corrected chi connectivity index (χ1v) is 13.5. The van der Waals surface area contributed by atoms with Crippen LogP contribution in [0.1, 0.15) is 19.4 Å². The molecule has 3 aromatic rings. The van der Waals surface area contributed by atoms with Gasteiger partial charge < -0.3 is 10.2 Å². The molecule has 0 spiro atoms. The Bertz CT molecular complexity index is 1300. The smallest absolute Gasteiger partial charge is 0.264 e. The van der Waals surface area contributed by atoms with Gasteiger partial charge in [-0.2, -0.15) is 0 Å². The minimum absolute atomic E-state index is 0.00484. The van der Waals surface area contributed by atoms with E-state index in [4.69, 9.17) is 0 Å². The van der Waals surface area contributed by atoms with Crippen LogP contribution in [0.15, 0.2) is 88.2 Å². The second kappa shape index (κ2) is 12.1. The highest BCUT2D eigenvalue weighted by molar-refractivity contribution is 9.10. The average molecular weight is 576 g/mol. The molecule has 1 atom stereocenters. The molecule has 0 aliphatic rings. The van der Waals surface area contributed by atoms with Crippen LogP contribution in [0.3, 0.4) is 0 Å². The fourth-order valence-electron chi connectivity index (χ4n) is 3.57. The van der Waals surface area contributed by atoms with Crippen molar-refractivity contribution in [3.05, 3.63) is 94.7 Å². The zero-order valence-electron chi connectivity index (χ0n) is 19.9. The number of sulfonamides is 1. The number of rotatable bonds is 10. The molecule has 0 radical (unpaired) electrons. The van der Waals surface area contributed by atoms with Gasteiger partial charge in [-0.05, 0) is 61.9 Å². The summed E-state index contributed by atoms with van der Waals surface area (Å²) in [6.07, 6.45) is 0. The van der Waals surface area contributed by atoms with Crippen LogP contribution in [-0.4, -0.2) is 44.3 Å². The van der Waals surface area contributed by atoms with Gasteiger partial charge in [0, 0.05) is 17.6 Å². The van der Waals surface area contributed by atoms with Crippen molar-refractivity contribution in [2.24, 2.45) is 0 Å². The lowest BCUT2D eigenvalue weighted by molar-refractivity contribution is -0.139. The van der Waals surface area contributed by atoms with Gasteiger partial charge in [0.2, 0.25) is 11.8 Å². The van der Waals surface area contributed by atoms with E-state index in [-0.39, 0.29) is 23.0 Å². The number of nitrogens with zero attached hydrogens (tertiary/aromatic N) is 2. The molecule has 0 aliphatic carbocycles. The summed E-state index contributed by atoms with van der Waals surface area (Å²) in [5.41, 5.74) is 0.884. The predicted octanol–water partition coefficient (Wildman–Crippen LogP) is 4.34. The highest BCUT2D eigenvalue weighted by Crippen LogP contribution is 2.27. The van der Waals surface area contributed by atoms with E-state index in [0.717, 1.165) is 4.31 Å². The van der Waals surface area contributed by atoms with Crippen LogP contribution < -0.4 is 9.62 Å². The minimum Gasteiger partial charge on any atom is -0.355 e. The van der Waals surface area contributed by atoms with Crippen molar-refractivity contribution in [2.45, 2.75) is 31.3 Å². The van der Waals surface area contributed by atoms with E-state index in [1.54, 1.807) is 56.3 Å². The van der Waals surface area contributed by atoms with Gasteiger partial charge in [-0.25, -0.2) is 12.8 Å². The van der Waals surface area contributed by atoms with Gasteiger partial charge in [0.15, 0.2) is 0 Å². The number of halogens is 2. The Kier molecular flexibility index (Phi) is 9.22. The normalized spacial score (nSPS) is 12.0. The minimum atomic E-state index is -4.12. The Morgan fingerprint density at radius 2 is 1.67 bits per heavy atom. The Morgan fingerprint density at radius 1 is 1.00 bits per heavy atom. The molecule has 0 saturated carbocycles. The molecular weight excluding hydrogens is 549 g/mol. The molecule has 0 fully saturated rings. The maximum atomic E-state index is 13.7. The molecule has 3 aromatic carbocycles. The SMILES string of the molecule is CCNC(=O)C(C)N(Cc1ccc(F)cc1)C(=O)CN(c1cccc(Br)c1)S(=O)(=O)c1ccccc1. The second-order valence-electron chi connectivity index (χ2n) is 8.02. The fraction of sp³-hybridized carbons (Fsp3) is 0.231. The predicted molar refractivity (Wildman–Crippen MR) is 140 cm³/mol. The molecule has 0 bridgehead atoms. The van der Waals surface area contributed by atoms with Crippen molar-refractivity contribution >= 4 is 43.5 Å². The van der Waals surface area contributed by atoms with E-state index >= 15 is 0 Å². The number of carbonyl (C=O) groups is 2. The van der Waals surface area contributed by atoms with Crippen LogP contribution in [0, 0.1) is 5.82 Å².